The molecule has 10 nitrogen and oxygen atoms in total. The number of aryl methyl sites for hydroxylation is 1. The first kappa shape index (κ1) is 27.0. The van der Waals surface area contributed by atoms with Crippen LogP contribution in [0.4, 0.5) is 20.8 Å². The maximum absolute atomic E-state index is 14.5. The molecule has 0 unspecified atom stereocenters. The molecule has 11 heteroatoms. The molecule has 2 aliphatic rings. The van der Waals surface area contributed by atoms with Gasteiger partial charge in [-0.3, -0.25) is 4.68 Å². The Kier molecular flexibility index (Phi) is 8.08. The van der Waals surface area contributed by atoms with Crippen LogP contribution in [0.2, 0.25) is 0 Å². The van der Waals surface area contributed by atoms with Crippen LogP contribution in [0.5, 0.6) is 0 Å². The van der Waals surface area contributed by atoms with Gasteiger partial charge in [0.2, 0.25) is 5.95 Å². The molecule has 2 atom stereocenters. The van der Waals surface area contributed by atoms with E-state index in [-0.39, 0.29) is 24.3 Å². The molecular formula is C28H37FN8O2. The Balaban J connectivity index is 1.18. The van der Waals surface area contributed by atoms with Crippen LogP contribution in [-0.2, 0) is 11.3 Å². The first-order valence-corrected chi connectivity index (χ1v) is 13.5. The number of nitrogens with zero attached hydrogens (tertiary/aromatic N) is 6. The number of benzene rings is 1. The normalized spacial score (nSPS) is 20.2. The number of amides is 2. The van der Waals surface area contributed by atoms with Crippen molar-refractivity contribution < 1.29 is 13.9 Å². The van der Waals surface area contributed by atoms with E-state index in [0.717, 1.165) is 35.3 Å². The van der Waals surface area contributed by atoms with Gasteiger partial charge in [-0.2, -0.15) is 5.10 Å². The zero-order chi connectivity index (χ0) is 27.5. The summed E-state index contributed by atoms with van der Waals surface area (Å²) in [5.74, 6) is 0.440. The SMILES string of the molecule is Cc1cc(-c2ccnc(Nc3cnn([C@@H]4CCN(C)C[C@H]4F)c3)n2)ccc1CNC(=O)N1CC(OC(C)C)C1. The maximum Gasteiger partial charge on any atom is 0.317 e. The number of hydrogen-bond donors (Lipinski definition) is 2. The van der Waals surface area contributed by atoms with Gasteiger partial charge in [-0.1, -0.05) is 12.1 Å². The monoisotopic (exact) mass is 536 g/mol. The lowest BCUT2D eigenvalue weighted by molar-refractivity contribution is -0.0641. The second kappa shape index (κ2) is 11.7. The molecular weight excluding hydrogens is 499 g/mol. The lowest BCUT2D eigenvalue weighted by Crippen LogP contribution is -2.58. The molecule has 5 rings (SSSR count). The number of hydrogen-bond acceptors (Lipinski definition) is 7. The van der Waals surface area contributed by atoms with Crippen molar-refractivity contribution >= 4 is 17.7 Å². The summed E-state index contributed by atoms with van der Waals surface area (Å²) >= 11 is 0. The number of halogens is 1. The topological polar surface area (TPSA) is 100 Å². The first-order valence-electron chi connectivity index (χ1n) is 13.5. The first-order chi connectivity index (χ1) is 18.7. The second-order valence-electron chi connectivity index (χ2n) is 10.7. The highest BCUT2D eigenvalue weighted by Crippen LogP contribution is 2.27. The van der Waals surface area contributed by atoms with E-state index in [0.29, 0.717) is 37.8 Å². The predicted molar refractivity (Wildman–Crippen MR) is 148 cm³/mol. The Labute approximate surface area is 228 Å². The summed E-state index contributed by atoms with van der Waals surface area (Å²) in [5.41, 5.74) is 4.54. The standard InChI is InChI=1S/C28H37FN8O2/c1-18(2)39-23-15-36(16-23)28(38)31-12-21-6-5-20(11-19(21)3)25-7-9-30-27(34-25)33-22-13-32-37(14-22)26-8-10-35(4)17-24(26)29/h5-7,9,11,13-14,18,23-24,26H,8,10,12,15-17H2,1-4H3,(H,31,38)(H,30,33,34)/t24-,26-/m1/s1. The number of alkyl halides is 1. The number of piperidine rings is 1. The number of nitrogens with one attached hydrogen (secondary N) is 2. The lowest BCUT2D eigenvalue weighted by atomic mass is 10.0. The summed E-state index contributed by atoms with van der Waals surface area (Å²) in [4.78, 5) is 25.2. The summed E-state index contributed by atoms with van der Waals surface area (Å²) in [6.07, 6.45) is 5.24. The Morgan fingerprint density at radius 1 is 1.23 bits per heavy atom. The minimum absolute atomic E-state index is 0.0743. The Morgan fingerprint density at radius 2 is 2.05 bits per heavy atom. The van der Waals surface area contributed by atoms with E-state index in [1.165, 1.54) is 0 Å². The van der Waals surface area contributed by atoms with Crippen LogP contribution in [0.15, 0.2) is 42.9 Å². The molecule has 3 aromatic rings. The summed E-state index contributed by atoms with van der Waals surface area (Å²) < 4.78 is 22.0. The van der Waals surface area contributed by atoms with E-state index in [9.17, 15) is 9.18 Å². The van der Waals surface area contributed by atoms with Crippen LogP contribution < -0.4 is 10.6 Å². The minimum Gasteiger partial charge on any atom is -0.372 e. The Bertz CT molecular complexity index is 1290. The van der Waals surface area contributed by atoms with E-state index in [4.69, 9.17) is 4.74 Å². The van der Waals surface area contributed by atoms with Gasteiger partial charge in [-0.25, -0.2) is 19.2 Å². The van der Waals surface area contributed by atoms with Crippen molar-refractivity contribution in [2.75, 3.05) is 38.5 Å². The van der Waals surface area contributed by atoms with Gasteiger partial charge in [0.1, 0.15) is 6.17 Å². The van der Waals surface area contributed by atoms with Crippen LogP contribution in [0.3, 0.4) is 0 Å². The van der Waals surface area contributed by atoms with E-state index >= 15 is 0 Å². The molecule has 2 amide bonds. The number of anilines is 2. The van der Waals surface area contributed by atoms with Gasteiger partial charge in [0, 0.05) is 37.6 Å². The Morgan fingerprint density at radius 3 is 2.79 bits per heavy atom. The van der Waals surface area contributed by atoms with Crippen molar-refractivity contribution in [3.8, 4) is 11.3 Å². The Hall–Kier alpha value is -3.57. The van der Waals surface area contributed by atoms with Crippen molar-refractivity contribution in [1.29, 1.82) is 0 Å². The molecule has 2 saturated heterocycles. The summed E-state index contributed by atoms with van der Waals surface area (Å²) in [5, 5.41) is 10.6. The molecule has 4 heterocycles. The number of aromatic nitrogens is 4. The van der Waals surface area contributed by atoms with Gasteiger partial charge < -0.3 is 25.2 Å². The number of likely N-dealkylation sites (tertiary alicyclic amines) is 2. The highest BCUT2D eigenvalue weighted by molar-refractivity contribution is 5.75. The van der Waals surface area contributed by atoms with Crippen molar-refractivity contribution in [1.82, 2.24) is 34.9 Å². The number of urea groups is 1. The van der Waals surface area contributed by atoms with Gasteiger partial charge in [0.05, 0.1) is 48.9 Å². The number of carbonyl (C=O) groups excluding carboxylic acids is 1. The zero-order valence-electron chi connectivity index (χ0n) is 23.0. The second-order valence-corrected chi connectivity index (χ2v) is 10.7. The molecule has 39 heavy (non-hydrogen) atoms. The third-order valence-corrected chi connectivity index (χ3v) is 7.23. The molecule has 1 aromatic carbocycles. The fraction of sp³-hybridized carbons (Fsp3) is 0.500. The largest absolute Gasteiger partial charge is 0.372 e. The van der Waals surface area contributed by atoms with Crippen LogP contribution in [-0.4, -0.2) is 87.2 Å². The molecule has 0 aliphatic carbocycles. The molecule has 0 bridgehead atoms. The minimum atomic E-state index is -0.956. The molecule has 2 aromatic heterocycles. The lowest BCUT2D eigenvalue weighted by Gasteiger charge is -2.39. The average Bonchev–Trinajstić information content (AvgIpc) is 3.33. The number of rotatable bonds is 8. The molecule has 208 valence electrons. The summed E-state index contributed by atoms with van der Waals surface area (Å²) in [6.45, 7) is 8.99. The number of ether oxygens (including phenoxy) is 1. The summed E-state index contributed by atoms with van der Waals surface area (Å²) in [7, 11) is 1.93. The molecule has 0 saturated carbocycles. The quantitative estimate of drug-likeness (QED) is 0.450. The molecule has 2 N–H and O–H groups in total. The van der Waals surface area contributed by atoms with E-state index in [1.54, 1.807) is 22.0 Å². The van der Waals surface area contributed by atoms with Crippen LogP contribution in [0.25, 0.3) is 11.3 Å². The van der Waals surface area contributed by atoms with E-state index < -0.39 is 6.17 Å². The maximum atomic E-state index is 14.5. The van der Waals surface area contributed by atoms with Crippen molar-refractivity contribution in [2.24, 2.45) is 0 Å². The molecule has 0 radical (unpaired) electrons. The van der Waals surface area contributed by atoms with Gasteiger partial charge >= 0.3 is 6.03 Å². The fourth-order valence-electron chi connectivity index (χ4n) is 5.05. The molecule has 0 spiro atoms. The van der Waals surface area contributed by atoms with Crippen LogP contribution >= 0.6 is 0 Å². The van der Waals surface area contributed by atoms with Gasteiger partial charge in [0.15, 0.2) is 0 Å². The van der Waals surface area contributed by atoms with Gasteiger partial charge in [0.25, 0.3) is 0 Å². The predicted octanol–water partition coefficient (Wildman–Crippen LogP) is 3.93. The third-order valence-electron chi connectivity index (χ3n) is 7.23. The fourth-order valence-corrected chi connectivity index (χ4v) is 5.05. The van der Waals surface area contributed by atoms with Crippen LogP contribution in [0, 0.1) is 6.92 Å². The van der Waals surface area contributed by atoms with E-state index in [1.807, 2.05) is 57.1 Å². The summed E-state index contributed by atoms with van der Waals surface area (Å²) in [6, 6.07) is 7.59. The van der Waals surface area contributed by atoms with Crippen molar-refractivity contribution in [3.05, 3.63) is 54.0 Å². The smallest absolute Gasteiger partial charge is 0.317 e. The third kappa shape index (κ3) is 6.54. The highest BCUT2D eigenvalue weighted by Gasteiger charge is 2.32. The number of carbonyl (C=O) groups is 1. The van der Waals surface area contributed by atoms with Crippen molar-refractivity contribution in [3.63, 3.8) is 0 Å². The highest BCUT2D eigenvalue weighted by atomic mass is 19.1. The van der Waals surface area contributed by atoms with Crippen LogP contribution in [0.1, 0.15) is 37.4 Å². The zero-order valence-corrected chi connectivity index (χ0v) is 23.0. The molecule has 2 fully saturated rings. The molecule has 2 aliphatic heterocycles. The van der Waals surface area contributed by atoms with Gasteiger partial charge in [-0.05, 0) is 57.5 Å². The average molecular weight is 537 g/mol. The van der Waals surface area contributed by atoms with Crippen molar-refractivity contribution in [2.45, 2.75) is 58.2 Å². The van der Waals surface area contributed by atoms with E-state index in [2.05, 4.69) is 31.8 Å². The van der Waals surface area contributed by atoms with Gasteiger partial charge in [-0.15, -0.1) is 0 Å².